The molecule has 3 rings (SSSR count). The first kappa shape index (κ1) is 20.6. The van der Waals surface area contributed by atoms with Crippen LogP contribution >= 0.6 is 15.9 Å². The summed E-state index contributed by atoms with van der Waals surface area (Å²) >= 11 is 3.50. The SMILES string of the molecule is Cc1ccc(NC(=O)CN2C(=O)NC(=Cc3ccc(N(C)C)c(Br)c3)C2=O)cc1. The van der Waals surface area contributed by atoms with Crippen LogP contribution in [0.5, 0.6) is 0 Å². The van der Waals surface area contributed by atoms with Gasteiger partial charge in [0.2, 0.25) is 5.91 Å². The maximum absolute atomic E-state index is 12.6. The number of imide groups is 1. The molecule has 1 saturated heterocycles. The Morgan fingerprint density at radius 2 is 1.86 bits per heavy atom. The molecule has 8 heteroatoms. The summed E-state index contributed by atoms with van der Waals surface area (Å²) in [7, 11) is 3.86. The van der Waals surface area contributed by atoms with Gasteiger partial charge in [-0.25, -0.2) is 9.69 Å². The van der Waals surface area contributed by atoms with Gasteiger partial charge in [0.05, 0.1) is 5.69 Å². The molecule has 7 nitrogen and oxygen atoms in total. The number of rotatable bonds is 5. The second-order valence-corrected chi connectivity index (χ2v) is 7.75. The highest BCUT2D eigenvalue weighted by atomic mass is 79.9. The number of hydrogen-bond acceptors (Lipinski definition) is 4. The first-order valence-electron chi connectivity index (χ1n) is 8.92. The van der Waals surface area contributed by atoms with E-state index < -0.39 is 17.8 Å². The van der Waals surface area contributed by atoms with Crippen LogP contribution in [0.1, 0.15) is 11.1 Å². The number of urea groups is 1. The topological polar surface area (TPSA) is 81.8 Å². The first-order chi connectivity index (χ1) is 13.7. The molecule has 0 unspecified atom stereocenters. The van der Waals surface area contributed by atoms with Gasteiger partial charge in [-0.05, 0) is 58.8 Å². The molecular formula is C21H21BrN4O3. The zero-order valence-corrected chi connectivity index (χ0v) is 17.9. The van der Waals surface area contributed by atoms with E-state index in [4.69, 9.17) is 0 Å². The number of anilines is 2. The maximum Gasteiger partial charge on any atom is 0.329 e. The number of halogens is 1. The van der Waals surface area contributed by atoms with Crippen molar-refractivity contribution in [2.45, 2.75) is 6.92 Å². The lowest BCUT2D eigenvalue weighted by atomic mass is 10.1. The van der Waals surface area contributed by atoms with Crippen molar-refractivity contribution < 1.29 is 14.4 Å². The van der Waals surface area contributed by atoms with E-state index in [9.17, 15) is 14.4 Å². The highest BCUT2D eigenvalue weighted by Gasteiger charge is 2.34. The molecule has 150 valence electrons. The van der Waals surface area contributed by atoms with Crippen LogP contribution in [0, 0.1) is 6.92 Å². The van der Waals surface area contributed by atoms with Crippen molar-refractivity contribution in [2.75, 3.05) is 30.9 Å². The Hall–Kier alpha value is -3.13. The van der Waals surface area contributed by atoms with E-state index in [1.807, 2.05) is 56.3 Å². The van der Waals surface area contributed by atoms with Gasteiger partial charge in [-0.2, -0.15) is 0 Å². The zero-order chi connectivity index (χ0) is 21.1. The molecule has 1 fully saturated rings. The molecule has 0 aromatic heterocycles. The fourth-order valence-electron chi connectivity index (χ4n) is 2.84. The predicted octanol–water partition coefficient (Wildman–Crippen LogP) is 3.35. The van der Waals surface area contributed by atoms with Crippen molar-refractivity contribution >= 4 is 51.2 Å². The van der Waals surface area contributed by atoms with Gasteiger partial charge in [0, 0.05) is 24.3 Å². The molecule has 0 saturated carbocycles. The lowest BCUT2D eigenvalue weighted by Gasteiger charge is -2.14. The number of amides is 4. The lowest BCUT2D eigenvalue weighted by Crippen LogP contribution is -2.38. The molecule has 0 atom stereocenters. The van der Waals surface area contributed by atoms with Crippen molar-refractivity contribution in [3.63, 3.8) is 0 Å². The van der Waals surface area contributed by atoms with E-state index in [0.29, 0.717) is 5.69 Å². The Morgan fingerprint density at radius 1 is 1.17 bits per heavy atom. The van der Waals surface area contributed by atoms with E-state index in [0.717, 1.165) is 26.2 Å². The van der Waals surface area contributed by atoms with E-state index in [2.05, 4.69) is 26.6 Å². The molecule has 2 aromatic rings. The van der Waals surface area contributed by atoms with E-state index in [1.165, 1.54) is 0 Å². The highest BCUT2D eigenvalue weighted by molar-refractivity contribution is 9.10. The van der Waals surface area contributed by atoms with Gasteiger partial charge in [0.1, 0.15) is 12.2 Å². The maximum atomic E-state index is 12.6. The van der Waals surface area contributed by atoms with Crippen LogP contribution in [0.4, 0.5) is 16.2 Å². The predicted molar refractivity (Wildman–Crippen MR) is 116 cm³/mol. The van der Waals surface area contributed by atoms with Crippen molar-refractivity contribution in [1.29, 1.82) is 0 Å². The molecule has 4 amide bonds. The zero-order valence-electron chi connectivity index (χ0n) is 16.3. The molecular weight excluding hydrogens is 436 g/mol. The van der Waals surface area contributed by atoms with Crippen LogP contribution in [0.2, 0.25) is 0 Å². The number of benzene rings is 2. The summed E-state index contributed by atoms with van der Waals surface area (Å²) in [5.74, 6) is -0.987. The second-order valence-electron chi connectivity index (χ2n) is 6.90. The van der Waals surface area contributed by atoms with Gasteiger partial charge in [0.15, 0.2) is 0 Å². The molecule has 29 heavy (non-hydrogen) atoms. The van der Waals surface area contributed by atoms with Gasteiger partial charge in [0.25, 0.3) is 5.91 Å². The molecule has 0 spiro atoms. The average Bonchev–Trinajstić information content (AvgIpc) is 2.91. The minimum Gasteiger partial charge on any atom is -0.377 e. The molecule has 0 aliphatic carbocycles. The Morgan fingerprint density at radius 3 is 2.48 bits per heavy atom. The molecule has 0 radical (unpaired) electrons. The van der Waals surface area contributed by atoms with Gasteiger partial charge < -0.3 is 15.5 Å². The summed E-state index contributed by atoms with van der Waals surface area (Å²) < 4.78 is 0.864. The summed E-state index contributed by atoms with van der Waals surface area (Å²) in [6.45, 7) is 1.58. The molecule has 0 bridgehead atoms. The third kappa shape index (κ3) is 4.83. The van der Waals surface area contributed by atoms with Crippen LogP contribution in [0.25, 0.3) is 6.08 Å². The van der Waals surface area contributed by atoms with Crippen molar-refractivity contribution in [1.82, 2.24) is 10.2 Å². The first-order valence-corrected chi connectivity index (χ1v) is 9.72. The summed E-state index contributed by atoms with van der Waals surface area (Å²) in [6, 6.07) is 12.2. The van der Waals surface area contributed by atoms with Crippen LogP contribution < -0.4 is 15.5 Å². The van der Waals surface area contributed by atoms with Crippen LogP contribution in [0.3, 0.4) is 0 Å². The Bertz CT molecular complexity index is 999. The Kier molecular flexibility index (Phi) is 6.03. The quantitative estimate of drug-likeness (QED) is 0.533. The fraction of sp³-hybridized carbons (Fsp3) is 0.190. The van der Waals surface area contributed by atoms with Crippen molar-refractivity contribution in [3.8, 4) is 0 Å². The van der Waals surface area contributed by atoms with Crippen LogP contribution in [0.15, 0.2) is 52.6 Å². The highest BCUT2D eigenvalue weighted by Crippen LogP contribution is 2.27. The largest absolute Gasteiger partial charge is 0.377 e. The van der Waals surface area contributed by atoms with E-state index >= 15 is 0 Å². The monoisotopic (exact) mass is 456 g/mol. The molecule has 1 heterocycles. The minimum atomic E-state index is -0.621. The smallest absolute Gasteiger partial charge is 0.329 e. The molecule has 2 N–H and O–H groups in total. The van der Waals surface area contributed by atoms with Crippen LogP contribution in [-0.4, -0.2) is 43.4 Å². The van der Waals surface area contributed by atoms with Gasteiger partial charge in [-0.15, -0.1) is 0 Å². The third-order valence-electron chi connectivity index (χ3n) is 4.36. The number of carbonyl (C=O) groups excluding carboxylic acids is 3. The third-order valence-corrected chi connectivity index (χ3v) is 5.00. The summed E-state index contributed by atoms with van der Waals surface area (Å²) in [5.41, 5.74) is 3.54. The number of aryl methyl sites for hydroxylation is 1. The van der Waals surface area contributed by atoms with E-state index in [1.54, 1.807) is 18.2 Å². The summed E-state index contributed by atoms with van der Waals surface area (Å²) in [4.78, 5) is 39.9. The summed E-state index contributed by atoms with van der Waals surface area (Å²) in [5, 5.41) is 5.21. The standard InChI is InChI=1S/C21H21BrN4O3/c1-13-4-7-15(8-5-13)23-19(27)12-26-20(28)17(24-21(26)29)11-14-6-9-18(25(2)3)16(22)10-14/h4-11H,12H2,1-3H3,(H,23,27)(H,24,29). The molecule has 1 aliphatic heterocycles. The average molecular weight is 457 g/mol. The van der Waals surface area contributed by atoms with Gasteiger partial charge >= 0.3 is 6.03 Å². The number of nitrogens with one attached hydrogen (secondary N) is 2. The lowest BCUT2D eigenvalue weighted by molar-refractivity contribution is -0.127. The van der Waals surface area contributed by atoms with Gasteiger partial charge in [-0.1, -0.05) is 23.8 Å². The van der Waals surface area contributed by atoms with Crippen molar-refractivity contribution in [3.05, 3.63) is 63.8 Å². The summed E-state index contributed by atoms with van der Waals surface area (Å²) in [6.07, 6.45) is 1.59. The molecule has 2 aromatic carbocycles. The minimum absolute atomic E-state index is 0.127. The van der Waals surface area contributed by atoms with Gasteiger partial charge in [-0.3, -0.25) is 9.59 Å². The second kappa shape index (κ2) is 8.48. The molecule has 1 aliphatic rings. The van der Waals surface area contributed by atoms with Crippen LogP contribution in [-0.2, 0) is 9.59 Å². The normalized spacial score (nSPS) is 14.9. The number of carbonyl (C=O) groups is 3. The number of hydrogen-bond donors (Lipinski definition) is 2. The Labute approximate surface area is 177 Å². The Balaban J connectivity index is 1.70. The van der Waals surface area contributed by atoms with Crippen molar-refractivity contribution in [2.24, 2.45) is 0 Å². The number of nitrogens with zero attached hydrogens (tertiary/aromatic N) is 2. The fourth-order valence-corrected chi connectivity index (χ4v) is 3.59. The van der Waals surface area contributed by atoms with E-state index in [-0.39, 0.29) is 12.2 Å².